The van der Waals surface area contributed by atoms with Crippen molar-refractivity contribution in [1.29, 1.82) is 0 Å². The summed E-state index contributed by atoms with van der Waals surface area (Å²) in [5, 5.41) is 42.2. The number of amides is 12. The lowest BCUT2D eigenvalue weighted by Gasteiger charge is -2.35. The van der Waals surface area contributed by atoms with Crippen LogP contribution in [0.5, 0.6) is 52.0 Å². The van der Waals surface area contributed by atoms with Gasteiger partial charge in [0.05, 0.1) is 63.8 Å². The number of hydrogen-bond acceptors (Lipinski definition) is 25. The molecule has 0 saturated carbocycles. The zero-order valence-corrected chi connectivity index (χ0v) is 81.4. The topological polar surface area (TPSA) is 396 Å². The number of benzene rings is 9. The number of pyridine rings is 2. The Morgan fingerprint density at radius 3 is 1.10 bits per heavy atom. The maximum atomic E-state index is 13.2. The number of hydrogen-bond donors (Lipinski definition) is 7. The summed E-state index contributed by atoms with van der Waals surface area (Å²) in [6.45, 7) is 8.84. The zero-order chi connectivity index (χ0) is 98.5. The van der Waals surface area contributed by atoms with Crippen LogP contribution in [0.1, 0.15) is 182 Å². The fraction of sp³-hybridized carbons (Fsp3) is 0.290. The molecule has 7 N–H and O–H groups in total. The molecular weight excluding hydrogens is 2000 g/mol. The first-order valence-corrected chi connectivity index (χ1v) is 50.2. The minimum Gasteiger partial charge on any atom is -0.508 e. The number of piperidine rings is 3. The van der Waals surface area contributed by atoms with E-state index in [1.54, 1.807) is 30.3 Å². The number of carbonyl (C=O) groups excluding carboxylic acids is 12. The van der Waals surface area contributed by atoms with Crippen molar-refractivity contribution >= 4 is 130 Å². The Morgan fingerprint density at radius 2 is 0.709 bits per heavy atom. The van der Waals surface area contributed by atoms with Crippen LogP contribution in [0.25, 0.3) is 0 Å². The number of phenolic OH excluding ortho intramolecular Hbond substituents is 3. The van der Waals surface area contributed by atoms with Gasteiger partial charge in [-0.15, -0.1) is 0 Å². The van der Waals surface area contributed by atoms with Gasteiger partial charge in [0, 0.05) is 118 Å². The summed E-state index contributed by atoms with van der Waals surface area (Å²) >= 11 is 9.64. The van der Waals surface area contributed by atoms with Crippen molar-refractivity contribution in [1.82, 2.24) is 50.8 Å². The van der Waals surface area contributed by atoms with Crippen LogP contribution in [0.3, 0.4) is 0 Å². The van der Waals surface area contributed by atoms with E-state index >= 15 is 0 Å². The Bertz CT molecular complexity index is 6550. The number of aryl methyl sites for hydroxylation is 2. The predicted molar refractivity (Wildman–Crippen MR) is 534 cm³/mol. The molecule has 141 heavy (non-hydrogen) atoms. The molecule has 10 heterocycles. The highest BCUT2D eigenvalue weighted by molar-refractivity contribution is 9.12. The maximum Gasteiger partial charge on any atom is 0.262 e. The van der Waals surface area contributed by atoms with Gasteiger partial charge in [0.2, 0.25) is 47.2 Å². The standard InChI is InChI=1S/C46H43N5O7.C31H31N3O2.C15H13BrN2O5.C13H10N2O5.C2H4Br2/c52-33-10-15-37-31(26-33)8-14-36(29-4-2-1-3-5-29)43(37)30-6-11-34(12-7-30)58-42-19-9-32(28-47-42)50-22-20-49(21-23-50)24-25-57-35-13-16-38-39(27-35)46(56)51(45(38)55)40-17-18-41(53)48-44(40)54;35-26-10-14-29-24(20-26)8-13-28(22-4-2-1-3-5-22)31(29)23-6-11-27(12-7-23)36-30-15-9-25(21-33-30)34-18-16-32-17-19-34;16-5-6-23-8-1-2-9-10(7-8)15(22)18(14(9)21)11-3-4-12(19)17-13(11)20;16-6-1-2-7-8(5-6)13(20)15(12(7)19)9-3-4-10(17)14-11(9)18;3-1-2-4/h1-7,9-13,15-16,19,26-28,36,40,43,52H,8,14,17-18,20-25H2,(H,48,53,54);1-7,9-12,14-15,20-21,28,31-32,35H,8,13,16-19H2;1-2,7,11H,3-6H2,(H,17,19,20);1-2,5,9,16H,3-4H2,(H,14,17,18);1-2H2/t36-,40?,43?;28-,31+;;;/m11.../s1. The fourth-order valence-electron chi connectivity index (χ4n) is 19.7. The van der Waals surface area contributed by atoms with Crippen LogP contribution in [0, 0.1) is 0 Å². The number of ether oxygens (including phenoxy) is 4. The largest absolute Gasteiger partial charge is 0.508 e. The number of imide groups is 6. The van der Waals surface area contributed by atoms with E-state index in [2.05, 4.69) is 197 Å². The van der Waals surface area contributed by atoms with Gasteiger partial charge in [0.25, 0.3) is 35.4 Å². The number of aromatic nitrogens is 2. The first-order chi connectivity index (χ1) is 68.5. The van der Waals surface area contributed by atoms with Crippen molar-refractivity contribution in [2.24, 2.45) is 0 Å². The van der Waals surface area contributed by atoms with Crippen LogP contribution in [0.2, 0.25) is 0 Å². The molecule has 31 nitrogen and oxygen atoms in total. The first kappa shape index (κ1) is 98.3. The fourth-order valence-corrected chi connectivity index (χ4v) is 19.8. The van der Waals surface area contributed by atoms with Gasteiger partial charge in [-0.1, -0.05) is 145 Å². The Hall–Kier alpha value is -14.3. The predicted octanol–water partition coefficient (Wildman–Crippen LogP) is 14.3. The van der Waals surface area contributed by atoms with Gasteiger partial charge < -0.3 is 49.4 Å². The number of nitrogens with zero attached hydrogens (tertiary/aromatic N) is 8. The maximum absolute atomic E-state index is 13.2. The number of fused-ring (bicyclic) bond motifs is 5. The molecule has 0 radical (unpaired) electrons. The third-order valence-electron chi connectivity index (χ3n) is 26.6. The molecule has 11 aromatic rings. The summed E-state index contributed by atoms with van der Waals surface area (Å²) in [4.78, 5) is 164. The number of piperazine rings is 2. The lowest BCUT2D eigenvalue weighted by molar-refractivity contribution is -0.137. The summed E-state index contributed by atoms with van der Waals surface area (Å²) in [5.74, 6) is -1.31. The third-order valence-corrected chi connectivity index (χ3v) is 28.7. The molecule has 8 aliphatic heterocycles. The molecule has 10 aliphatic rings. The van der Waals surface area contributed by atoms with E-state index in [1.807, 2.05) is 73.1 Å². The average molecular weight is 2100 g/mol. The van der Waals surface area contributed by atoms with E-state index in [-0.39, 0.29) is 89.5 Å². The van der Waals surface area contributed by atoms with E-state index in [9.17, 15) is 72.9 Å². The number of carbonyl (C=O) groups is 12. The van der Waals surface area contributed by atoms with E-state index in [0.717, 1.165) is 121 Å². The summed E-state index contributed by atoms with van der Waals surface area (Å²) in [6.07, 6.45) is 8.32. The van der Waals surface area contributed by atoms with Gasteiger partial charge >= 0.3 is 0 Å². The quantitative estimate of drug-likeness (QED) is 0.0259. The molecule has 2 aromatic heterocycles. The van der Waals surface area contributed by atoms with Gasteiger partial charge in [-0.05, 0) is 217 Å². The number of anilines is 2. The van der Waals surface area contributed by atoms with Crippen molar-refractivity contribution in [3.63, 3.8) is 0 Å². The number of halogens is 3. The van der Waals surface area contributed by atoms with Crippen molar-refractivity contribution in [3.8, 4) is 52.0 Å². The second-order valence-corrected chi connectivity index (χ2v) is 37.6. The number of alkyl halides is 3. The van der Waals surface area contributed by atoms with E-state index in [4.69, 9.17) is 18.9 Å². The van der Waals surface area contributed by atoms with E-state index < -0.39 is 89.0 Å². The second-order valence-electron chi connectivity index (χ2n) is 35.2. The minimum atomic E-state index is -1.00. The van der Waals surface area contributed by atoms with Crippen LogP contribution in [-0.2, 0) is 41.6 Å². The summed E-state index contributed by atoms with van der Waals surface area (Å²) in [6, 6.07) is 68.1. The minimum absolute atomic E-state index is 0.0692. The van der Waals surface area contributed by atoms with E-state index in [0.29, 0.717) is 77.4 Å². The molecule has 0 spiro atoms. The highest BCUT2D eigenvalue weighted by atomic mass is 79.9. The molecule has 9 aromatic carbocycles. The molecule has 7 atom stereocenters. The van der Waals surface area contributed by atoms with Crippen molar-refractivity contribution in [3.05, 3.63) is 315 Å². The Labute approximate surface area is 837 Å². The van der Waals surface area contributed by atoms with Crippen LogP contribution in [0.4, 0.5) is 11.4 Å². The number of nitrogens with one attached hydrogen (secondary N) is 4. The summed E-state index contributed by atoms with van der Waals surface area (Å²) in [7, 11) is 0. The van der Waals surface area contributed by atoms with Gasteiger partial charge in [-0.3, -0.25) is 93.1 Å². The SMILES string of the molecule is BrCCBr.O=C1CCC(N2C(=O)c3ccc(O)cc3C2=O)C(=O)N1.O=C1CCC(N2C(=O)c3ccc(OCCBr)cc3C2=O)C(=O)N1.O=C1CCC(N2C(=O)c3ccc(OCCN4CCN(c5ccc(Oc6ccc(C7c8ccc(O)cc8CC[C@@H]7c7ccccc7)cc6)nc5)CC4)cc3C2=O)C(=O)N1.Oc1ccc2c(c1)CC[C@H](c1ccccc1)[C@@H]2c1ccc(Oc2ccc(N3CCNCC3)cn2)cc1. The number of rotatable bonds is 21. The molecule has 5 fully saturated rings. The Kier molecular flexibility index (Phi) is 31.3. The third kappa shape index (κ3) is 22.4. The second kappa shape index (κ2) is 44.9. The molecular formula is C107H101Br3N12O19. The van der Waals surface area contributed by atoms with Gasteiger partial charge in [-0.2, -0.15) is 0 Å². The molecule has 4 unspecified atom stereocenters. The van der Waals surface area contributed by atoms with Crippen molar-refractivity contribution < 1.29 is 91.8 Å². The van der Waals surface area contributed by atoms with Crippen LogP contribution >= 0.6 is 47.8 Å². The summed E-state index contributed by atoms with van der Waals surface area (Å²) < 4.78 is 23.7. The molecule has 21 rings (SSSR count). The molecule has 724 valence electrons. The smallest absolute Gasteiger partial charge is 0.262 e. The van der Waals surface area contributed by atoms with Crippen molar-refractivity contribution in [2.45, 2.75) is 106 Å². The van der Waals surface area contributed by atoms with Gasteiger partial charge in [-0.25, -0.2) is 9.97 Å². The zero-order valence-electron chi connectivity index (χ0n) is 76.6. The molecule has 2 aliphatic carbocycles. The average Bonchev–Trinajstić information content (AvgIpc) is 1.62. The monoisotopic (exact) mass is 2090 g/mol. The highest BCUT2D eigenvalue weighted by Gasteiger charge is 2.49. The molecule has 34 heteroatoms. The first-order valence-electron chi connectivity index (χ1n) is 46.8. The van der Waals surface area contributed by atoms with E-state index in [1.165, 1.54) is 74.8 Å². The lowest BCUT2D eigenvalue weighted by Crippen LogP contribution is -2.54. The lowest BCUT2D eigenvalue weighted by atomic mass is 9.69. The molecule has 0 bridgehead atoms. The number of phenols is 3. The summed E-state index contributed by atoms with van der Waals surface area (Å²) in [5.41, 5.74) is 13.4. The van der Waals surface area contributed by atoms with Crippen LogP contribution in [0.15, 0.2) is 237 Å². The number of aromatic hydroxyl groups is 3. The van der Waals surface area contributed by atoms with Gasteiger partial charge in [0.15, 0.2) is 0 Å². The van der Waals surface area contributed by atoms with Gasteiger partial charge in [0.1, 0.15) is 65.0 Å². The Morgan fingerprint density at radius 1 is 0.340 bits per heavy atom. The molecule has 12 amide bonds. The Balaban J connectivity index is 0.000000140. The molecule has 5 saturated heterocycles. The van der Waals surface area contributed by atoms with Crippen molar-refractivity contribution in [2.75, 3.05) is 97.9 Å². The normalized spacial score (nSPS) is 20.2. The van der Waals surface area contributed by atoms with Crippen LogP contribution in [-0.4, -0.2) is 222 Å². The van der Waals surface area contributed by atoms with Crippen LogP contribution < -0.4 is 50.0 Å². The highest BCUT2D eigenvalue weighted by Crippen LogP contribution is 2.50.